The maximum absolute atomic E-state index is 14.5. The summed E-state index contributed by atoms with van der Waals surface area (Å²) in [5, 5.41) is 3.17. The van der Waals surface area contributed by atoms with Gasteiger partial charge >= 0.3 is 0 Å². The maximum atomic E-state index is 14.5. The van der Waals surface area contributed by atoms with Crippen LogP contribution in [0, 0.1) is 5.82 Å². The molecule has 2 rings (SSSR count). The zero-order chi connectivity index (χ0) is 11.4. The summed E-state index contributed by atoms with van der Waals surface area (Å²) in [5.41, 5.74) is -0.752. The minimum atomic E-state index is -1.24. The summed E-state index contributed by atoms with van der Waals surface area (Å²) in [4.78, 5) is 0. The Kier molecular flexibility index (Phi) is 3.54. The van der Waals surface area contributed by atoms with Gasteiger partial charge in [0, 0.05) is 6.42 Å². The zero-order valence-electron chi connectivity index (χ0n) is 9.31. The second kappa shape index (κ2) is 4.91. The first-order valence-corrected chi connectivity index (χ1v) is 5.83. The average Bonchev–Trinajstić information content (AvgIpc) is 2.47. The van der Waals surface area contributed by atoms with Crippen molar-refractivity contribution in [2.45, 2.75) is 31.4 Å². The molecule has 0 amide bonds. The molecule has 1 nitrogen and oxygen atoms in total. The summed E-state index contributed by atoms with van der Waals surface area (Å²) in [6.45, 7) is 1.55. The van der Waals surface area contributed by atoms with Crippen molar-refractivity contribution in [1.29, 1.82) is 0 Å². The van der Waals surface area contributed by atoms with Crippen LogP contribution in [0.4, 0.5) is 8.78 Å². The molecule has 1 aliphatic rings. The molecule has 88 valence electrons. The van der Waals surface area contributed by atoms with Gasteiger partial charge in [-0.2, -0.15) is 0 Å². The van der Waals surface area contributed by atoms with E-state index in [1.165, 1.54) is 6.07 Å². The van der Waals surface area contributed by atoms with Crippen LogP contribution >= 0.6 is 0 Å². The first-order valence-electron chi connectivity index (χ1n) is 5.83. The first kappa shape index (κ1) is 11.5. The molecule has 1 saturated heterocycles. The molecule has 1 aromatic rings. The van der Waals surface area contributed by atoms with Gasteiger partial charge in [-0.1, -0.05) is 18.2 Å². The van der Waals surface area contributed by atoms with Crippen molar-refractivity contribution in [2.75, 3.05) is 13.1 Å². The lowest BCUT2D eigenvalue weighted by molar-refractivity contribution is 0.143. The Labute approximate surface area is 94.9 Å². The standard InChI is InChI=1S/C13H17F2N/c14-12-5-2-1-4-11(12)10-13(15)6-3-8-16-9-7-13/h1-2,4-5,16H,3,6-10H2. The van der Waals surface area contributed by atoms with Gasteiger partial charge in [0.2, 0.25) is 0 Å². The number of hydrogen-bond donors (Lipinski definition) is 1. The Balaban J connectivity index is 2.10. The highest BCUT2D eigenvalue weighted by atomic mass is 19.1. The summed E-state index contributed by atoms with van der Waals surface area (Å²) < 4.78 is 27.9. The molecule has 1 aliphatic heterocycles. The van der Waals surface area contributed by atoms with E-state index in [1.54, 1.807) is 18.2 Å². The molecule has 3 heteroatoms. The summed E-state index contributed by atoms with van der Waals surface area (Å²) in [5.74, 6) is -0.295. The summed E-state index contributed by atoms with van der Waals surface area (Å²) >= 11 is 0. The van der Waals surface area contributed by atoms with E-state index in [0.29, 0.717) is 24.9 Å². The van der Waals surface area contributed by atoms with Crippen molar-refractivity contribution in [3.8, 4) is 0 Å². The van der Waals surface area contributed by atoms with Gasteiger partial charge in [0.05, 0.1) is 0 Å². The number of halogens is 2. The molecule has 1 atom stereocenters. The van der Waals surface area contributed by atoms with Crippen molar-refractivity contribution in [3.05, 3.63) is 35.6 Å². The van der Waals surface area contributed by atoms with Gasteiger partial charge in [0.1, 0.15) is 11.5 Å². The molecule has 1 N–H and O–H groups in total. The highest BCUT2D eigenvalue weighted by Gasteiger charge is 2.31. The highest BCUT2D eigenvalue weighted by molar-refractivity contribution is 5.19. The second-order valence-corrected chi connectivity index (χ2v) is 4.52. The van der Waals surface area contributed by atoms with E-state index in [1.807, 2.05) is 0 Å². The number of alkyl halides is 1. The fraction of sp³-hybridized carbons (Fsp3) is 0.538. The van der Waals surface area contributed by atoms with Crippen LogP contribution in [0.25, 0.3) is 0 Å². The molecule has 1 unspecified atom stereocenters. The van der Waals surface area contributed by atoms with Gasteiger partial charge in [-0.05, 0) is 44.0 Å². The van der Waals surface area contributed by atoms with Gasteiger partial charge in [0.25, 0.3) is 0 Å². The molecule has 1 aromatic carbocycles. The third kappa shape index (κ3) is 2.79. The smallest absolute Gasteiger partial charge is 0.126 e. The van der Waals surface area contributed by atoms with Crippen molar-refractivity contribution >= 4 is 0 Å². The zero-order valence-corrected chi connectivity index (χ0v) is 9.31. The van der Waals surface area contributed by atoms with E-state index >= 15 is 0 Å². The van der Waals surface area contributed by atoms with Gasteiger partial charge in [-0.3, -0.25) is 0 Å². The normalized spacial score (nSPS) is 26.4. The predicted octanol–water partition coefficient (Wildman–Crippen LogP) is 2.85. The molecule has 1 fully saturated rings. The van der Waals surface area contributed by atoms with E-state index in [9.17, 15) is 8.78 Å². The van der Waals surface area contributed by atoms with Crippen LogP contribution in [0.1, 0.15) is 24.8 Å². The van der Waals surface area contributed by atoms with Crippen LogP contribution in [0.15, 0.2) is 24.3 Å². The molecular formula is C13H17F2N. The third-order valence-electron chi connectivity index (χ3n) is 3.19. The number of benzene rings is 1. The minimum absolute atomic E-state index is 0.196. The van der Waals surface area contributed by atoms with Crippen LogP contribution in [-0.2, 0) is 6.42 Å². The van der Waals surface area contributed by atoms with E-state index < -0.39 is 5.67 Å². The van der Waals surface area contributed by atoms with Crippen molar-refractivity contribution in [2.24, 2.45) is 0 Å². The quantitative estimate of drug-likeness (QED) is 0.816. The summed E-state index contributed by atoms with van der Waals surface area (Å²) in [6, 6.07) is 6.47. The number of rotatable bonds is 2. The fourth-order valence-corrected chi connectivity index (χ4v) is 2.25. The lowest BCUT2D eigenvalue weighted by Gasteiger charge is -2.23. The van der Waals surface area contributed by atoms with Crippen LogP contribution in [0.3, 0.4) is 0 Å². The third-order valence-corrected chi connectivity index (χ3v) is 3.19. The van der Waals surface area contributed by atoms with E-state index in [4.69, 9.17) is 0 Å². The Morgan fingerprint density at radius 1 is 1.19 bits per heavy atom. The van der Waals surface area contributed by atoms with Gasteiger partial charge in [-0.25, -0.2) is 8.78 Å². The molecule has 0 aromatic heterocycles. The van der Waals surface area contributed by atoms with Crippen molar-refractivity contribution in [1.82, 2.24) is 5.32 Å². The predicted molar refractivity (Wildman–Crippen MR) is 60.7 cm³/mol. The summed E-state index contributed by atoms with van der Waals surface area (Å²) in [6.07, 6.45) is 2.02. The Morgan fingerprint density at radius 2 is 2.00 bits per heavy atom. The molecule has 0 saturated carbocycles. The minimum Gasteiger partial charge on any atom is -0.317 e. The van der Waals surface area contributed by atoms with E-state index in [2.05, 4.69) is 5.32 Å². The average molecular weight is 225 g/mol. The largest absolute Gasteiger partial charge is 0.317 e. The topological polar surface area (TPSA) is 12.0 Å². The molecule has 0 bridgehead atoms. The van der Waals surface area contributed by atoms with Gasteiger partial charge in [-0.15, -0.1) is 0 Å². The molecule has 0 spiro atoms. The van der Waals surface area contributed by atoms with Gasteiger partial charge in [0.15, 0.2) is 0 Å². The maximum Gasteiger partial charge on any atom is 0.126 e. The molecular weight excluding hydrogens is 208 g/mol. The Hall–Kier alpha value is -0.960. The molecule has 16 heavy (non-hydrogen) atoms. The fourth-order valence-electron chi connectivity index (χ4n) is 2.25. The lowest BCUT2D eigenvalue weighted by atomic mass is 9.89. The molecule has 0 radical (unpaired) electrons. The second-order valence-electron chi connectivity index (χ2n) is 4.52. The monoisotopic (exact) mass is 225 g/mol. The van der Waals surface area contributed by atoms with Crippen molar-refractivity contribution in [3.63, 3.8) is 0 Å². The SMILES string of the molecule is Fc1ccccc1CC1(F)CCCNCC1. The number of hydrogen-bond acceptors (Lipinski definition) is 1. The van der Waals surface area contributed by atoms with Crippen molar-refractivity contribution < 1.29 is 8.78 Å². The summed E-state index contributed by atoms with van der Waals surface area (Å²) in [7, 11) is 0. The molecule has 1 heterocycles. The van der Waals surface area contributed by atoms with Gasteiger partial charge < -0.3 is 5.32 Å². The Morgan fingerprint density at radius 3 is 2.81 bits per heavy atom. The Bertz CT molecular complexity index is 344. The van der Waals surface area contributed by atoms with Crippen LogP contribution in [0.5, 0.6) is 0 Å². The number of nitrogens with one attached hydrogen (secondary N) is 1. The first-order chi connectivity index (χ1) is 7.70. The van der Waals surface area contributed by atoms with E-state index in [0.717, 1.165) is 13.0 Å². The van der Waals surface area contributed by atoms with Crippen LogP contribution in [0.2, 0.25) is 0 Å². The van der Waals surface area contributed by atoms with E-state index in [-0.39, 0.29) is 12.2 Å². The molecule has 0 aliphatic carbocycles. The van der Waals surface area contributed by atoms with Crippen LogP contribution < -0.4 is 5.32 Å². The van der Waals surface area contributed by atoms with Crippen LogP contribution in [-0.4, -0.2) is 18.8 Å². The lowest BCUT2D eigenvalue weighted by Crippen LogP contribution is -2.27. The highest BCUT2D eigenvalue weighted by Crippen LogP contribution is 2.29.